The number of Topliss-reactive ketones (excluding diaryl/α,β-unsaturated/α-hetero) is 1. The molecule has 2 aromatic rings. The molecule has 0 aliphatic rings. The van der Waals surface area contributed by atoms with Crippen molar-refractivity contribution in [1.29, 1.82) is 5.26 Å². The summed E-state index contributed by atoms with van der Waals surface area (Å²) >= 11 is 0. The van der Waals surface area contributed by atoms with Gasteiger partial charge in [0, 0.05) is 11.1 Å². The van der Waals surface area contributed by atoms with E-state index in [0.29, 0.717) is 17.1 Å². The molecule has 0 radical (unpaired) electrons. The van der Waals surface area contributed by atoms with Crippen molar-refractivity contribution in [3.63, 3.8) is 0 Å². The Bertz CT molecular complexity index is 789. The summed E-state index contributed by atoms with van der Waals surface area (Å²) in [4.78, 5) is 12.4. The number of ether oxygens (including phenoxy) is 2. The van der Waals surface area contributed by atoms with E-state index in [0.717, 1.165) is 0 Å². The van der Waals surface area contributed by atoms with Crippen LogP contribution in [-0.2, 0) is 0 Å². The number of allylic oxidation sites excluding steroid dienone is 1. The summed E-state index contributed by atoms with van der Waals surface area (Å²) in [5, 5.41) is 9.28. The second-order valence-corrected chi connectivity index (χ2v) is 4.59. The molecule has 5 heteroatoms. The van der Waals surface area contributed by atoms with Crippen LogP contribution in [0.5, 0.6) is 11.5 Å². The first-order valence-corrected chi connectivity index (χ1v) is 6.73. The number of methoxy groups -OCH3 is 2. The zero-order valence-corrected chi connectivity index (χ0v) is 12.7. The second-order valence-electron chi connectivity index (χ2n) is 4.59. The molecule has 0 heterocycles. The zero-order chi connectivity index (χ0) is 16.8. The smallest absolute Gasteiger partial charge is 0.203 e. The molecule has 2 aromatic carbocycles. The van der Waals surface area contributed by atoms with Gasteiger partial charge in [-0.3, -0.25) is 4.79 Å². The van der Waals surface area contributed by atoms with Gasteiger partial charge in [-0.05, 0) is 36.4 Å². The fraction of sp³-hybridized carbons (Fsp3) is 0.111. The summed E-state index contributed by atoms with van der Waals surface area (Å²) in [5.41, 5.74) is 0.697. The van der Waals surface area contributed by atoms with E-state index in [9.17, 15) is 14.4 Å². The van der Waals surface area contributed by atoms with E-state index in [2.05, 4.69) is 0 Å². The minimum Gasteiger partial charge on any atom is -0.493 e. The van der Waals surface area contributed by atoms with Gasteiger partial charge < -0.3 is 9.47 Å². The fourth-order valence-corrected chi connectivity index (χ4v) is 2.09. The molecule has 0 saturated heterocycles. The van der Waals surface area contributed by atoms with E-state index in [1.807, 2.05) is 6.07 Å². The van der Waals surface area contributed by atoms with Crippen LogP contribution >= 0.6 is 0 Å². The van der Waals surface area contributed by atoms with Crippen LogP contribution in [0.4, 0.5) is 4.39 Å². The molecule has 0 N–H and O–H groups in total. The zero-order valence-electron chi connectivity index (χ0n) is 12.7. The highest BCUT2D eigenvalue weighted by Crippen LogP contribution is 2.32. The van der Waals surface area contributed by atoms with Gasteiger partial charge in [-0.1, -0.05) is 12.1 Å². The fourth-order valence-electron chi connectivity index (χ4n) is 2.09. The molecule has 0 aromatic heterocycles. The maximum Gasteiger partial charge on any atom is 0.203 e. The first-order valence-electron chi connectivity index (χ1n) is 6.73. The van der Waals surface area contributed by atoms with Crippen LogP contribution in [-0.4, -0.2) is 20.0 Å². The molecule has 0 fully saturated rings. The van der Waals surface area contributed by atoms with Gasteiger partial charge in [0.2, 0.25) is 5.78 Å². The summed E-state index contributed by atoms with van der Waals surface area (Å²) in [5.74, 6) is -0.0155. The quantitative estimate of drug-likeness (QED) is 0.480. The maximum atomic E-state index is 12.9. The largest absolute Gasteiger partial charge is 0.493 e. The van der Waals surface area contributed by atoms with Crippen LogP contribution in [0, 0.1) is 17.1 Å². The van der Waals surface area contributed by atoms with E-state index in [1.165, 1.54) is 44.6 Å². The van der Waals surface area contributed by atoms with Gasteiger partial charge in [0.15, 0.2) is 11.5 Å². The number of hydrogen-bond acceptors (Lipinski definition) is 4. The highest BCUT2D eigenvalue weighted by atomic mass is 19.1. The van der Waals surface area contributed by atoms with E-state index in [-0.39, 0.29) is 11.1 Å². The van der Waals surface area contributed by atoms with Gasteiger partial charge in [0.05, 0.1) is 14.2 Å². The number of para-hydroxylation sites is 1. The monoisotopic (exact) mass is 311 g/mol. The van der Waals surface area contributed by atoms with Crippen LogP contribution < -0.4 is 9.47 Å². The molecule has 0 spiro atoms. The minimum absolute atomic E-state index is 0.0804. The third kappa shape index (κ3) is 3.55. The average molecular weight is 311 g/mol. The SMILES string of the molecule is COc1cccc(/C=C(\C#N)C(=O)c2ccc(F)cc2)c1OC. The number of halogens is 1. The predicted octanol–water partition coefficient (Wildman–Crippen LogP) is 3.63. The maximum absolute atomic E-state index is 12.9. The Kier molecular flexibility index (Phi) is 5.11. The summed E-state index contributed by atoms with van der Waals surface area (Å²) < 4.78 is 23.4. The first-order chi connectivity index (χ1) is 11.1. The number of benzene rings is 2. The molecule has 0 unspecified atom stereocenters. The summed E-state index contributed by atoms with van der Waals surface area (Å²) in [7, 11) is 2.98. The van der Waals surface area contributed by atoms with Crippen molar-refractivity contribution < 1.29 is 18.7 Å². The van der Waals surface area contributed by atoms with Crippen LogP contribution in [0.2, 0.25) is 0 Å². The Hall–Kier alpha value is -3.13. The molecule has 0 bridgehead atoms. The lowest BCUT2D eigenvalue weighted by Crippen LogP contribution is -2.02. The van der Waals surface area contributed by atoms with Crippen molar-refractivity contribution in [3.05, 3.63) is 65.0 Å². The molecule has 0 saturated carbocycles. The Morgan fingerprint density at radius 1 is 1.13 bits per heavy atom. The Morgan fingerprint density at radius 2 is 1.83 bits per heavy atom. The van der Waals surface area contributed by atoms with Crippen LogP contribution in [0.15, 0.2) is 48.0 Å². The molecule has 0 atom stereocenters. The standard InChI is InChI=1S/C18H14FNO3/c1-22-16-5-3-4-13(18(16)23-2)10-14(11-20)17(21)12-6-8-15(19)9-7-12/h3-10H,1-2H3/b14-10+. The molecule has 4 nitrogen and oxygen atoms in total. The van der Waals surface area contributed by atoms with Crippen molar-refractivity contribution in [3.8, 4) is 17.6 Å². The van der Waals surface area contributed by atoms with Crippen LogP contribution in [0.25, 0.3) is 6.08 Å². The Balaban J connectivity index is 2.45. The number of nitriles is 1. The number of hydrogen-bond donors (Lipinski definition) is 0. The average Bonchev–Trinajstić information content (AvgIpc) is 2.59. The molecule has 2 rings (SSSR count). The van der Waals surface area contributed by atoms with Gasteiger partial charge >= 0.3 is 0 Å². The second kappa shape index (κ2) is 7.23. The Morgan fingerprint density at radius 3 is 2.39 bits per heavy atom. The summed E-state index contributed by atoms with van der Waals surface area (Å²) in [6.45, 7) is 0. The van der Waals surface area contributed by atoms with Gasteiger partial charge in [0.25, 0.3) is 0 Å². The van der Waals surface area contributed by atoms with E-state index >= 15 is 0 Å². The predicted molar refractivity (Wildman–Crippen MR) is 83.9 cm³/mol. The summed E-state index contributed by atoms with van der Waals surface area (Å²) in [6.07, 6.45) is 1.42. The van der Waals surface area contributed by atoms with Crippen molar-refractivity contribution in [1.82, 2.24) is 0 Å². The lowest BCUT2D eigenvalue weighted by Gasteiger charge is -2.10. The topological polar surface area (TPSA) is 59.3 Å². The summed E-state index contributed by atoms with van der Waals surface area (Å²) in [6, 6.07) is 12.0. The molecular weight excluding hydrogens is 297 g/mol. The Labute approximate surface area is 133 Å². The van der Waals surface area contributed by atoms with E-state index in [4.69, 9.17) is 9.47 Å². The molecular formula is C18H14FNO3. The van der Waals surface area contributed by atoms with Gasteiger partial charge in [-0.2, -0.15) is 5.26 Å². The lowest BCUT2D eigenvalue weighted by molar-refractivity contribution is 0.104. The van der Waals surface area contributed by atoms with Gasteiger partial charge in [-0.25, -0.2) is 4.39 Å². The van der Waals surface area contributed by atoms with Crippen LogP contribution in [0.3, 0.4) is 0 Å². The highest BCUT2D eigenvalue weighted by molar-refractivity contribution is 6.14. The molecule has 0 aliphatic carbocycles. The molecule has 0 aliphatic heterocycles. The normalized spacial score (nSPS) is 10.8. The first kappa shape index (κ1) is 16.2. The number of rotatable bonds is 5. The van der Waals surface area contributed by atoms with E-state index in [1.54, 1.807) is 18.2 Å². The molecule has 0 amide bonds. The van der Waals surface area contributed by atoms with Crippen LogP contribution in [0.1, 0.15) is 15.9 Å². The minimum atomic E-state index is -0.489. The van der Waals surface area contributed by atoms with Crippen molar-refractivity contribution >= 4 is 11.9 Å². The van der Waals surface area contributed by atoms with E-state index < -0.39 is 11.6 Å². The van der Waals surface area contributed by atoms with Crippen molar-refractivity contribution in [2.75, 3.05) is 14.2 Å². The van der Waals surface area contributed by atoms with Crippen molar-refractivity contribution in [2.45, 2.75) is 0 Å². The number of carbonyl (C=O) groups excluding carboxylic acids is 1. The number of ketones is 1. The third-order valence-electron chi connectivity index (χ3n) is 3.20. The van der Waals surface area contributed by atoms with Gasteiger partial charge in [0.1, 0.15) is 17.5 Å². The van der Waals surface area contributed by atoms with Crippen molar-refractivity contribution in [2.24, 2.45) is 0 Å². The molecule has 23 heavy (non-hydrogen) atoms. The third-order valence-corrected chi connectivity index (χ3v) is 3.20. The highest BCUT2D eigenvalue weighted by Gasteiger charge is 2.15. The molecule has 116 valence electrons. The number of carbonyl (C=O) groups is 1. The van der Waals surface area contributed by atoms with Gasteiger partial charge in [-0.15, -0.1) is 0 Å². The number of nitrogens with zero attached hydrogens (tertiary/aromatic N) is 1. The lowest BCUT2D eigenvalue weighted by atomic mass is 10.0.